The molecule has 3 atom stereocenters. The van der Waals surface area contributed by atoms with E-state index in [0.29, 0.717) is 18.9 Å². The van der Waals surface area contributed by atoms with E-state index in [1.165, 1.54) is 7.11 Å². The van der Waals surface area contributed by atoms with Gasteiger partial charge in [-0.15, -0.1) is 0 Å². The lowest BCUT2D eigenvalue weighted by Gasteiger charge is -2.15. The molecule has 2 heterocycles. The van der Waals surface area contributed by atoms with E-state index in [2.05, 4.69) is 13.8 Å². The molecule has 0 aromatic carbocycles. The van der Waals surface area contributed by atoms with Crippen molar-refractivity contribution in [2.45, 2.75) is 50.9 Å². The predicted molar refractivity (Wildman–Crippen MR) is 58.0 cm³/mol. The van der Waals surface area contributed by atoms with Crippen molar-refractivity contribution < 1.29 is 19.0 Å². The van der Waals surface area contributed by atoms with Gasteiger partial charge in [-0.05, 0) is 19.3 Å². The Morgan fingerprint density at radius 3 is 2.69 bits per heavy atom. The van der Waals surface area contributed by atoms with Crippen molar-refractivity contribution in [1.82, 2.24) is 0 Å². The summed E-state index contributed by atoms with van der Waals surface area (Å²) >= 11 is 0. The molecular formula is C12H20O4. The van der Waals surface area contributed by atoms with Gasteiger partial charge in [0.2, 0.25) is 0 Å². The average Bonchev–Trinajstić information content (AvgIpc) is 2.63. The van der Waals surface area contributed by atoms with E-state index in [0.717, 1.165) is 6.42 Å². The highest BCUT2D eigenvalue weighted by atomic mass is 16.7. The first-order valence-electron chi connectivity index (χ1n) is 5.86. The van der Waals surface area contributed by atoms with Gasteiger partial charge in [-0.2, -0.15) is 0 Å². The highest BCUT2D eigenvalue weighted by Crippen LogP contribution is 2.58. The number of hydrogen-bond acceptors (Lipinski definition) is 4. The Morgan fingerprint density at radius 2 is 2.25 bits per heavy atom. The summed E-state index contributed by atoms with van der Waals surface area (Å²) in [6, 6.07) is 0. The summed E-state index contributed by atoms with van der Waals surface area (Å²) in [5.41, 5.74) is -1.16. The summed E-state index contributed by atoms with van der Waals surface area (Å²) in [5, 5.41) is 0. The molecular weight excluding hydrogens is 208 g/mol. The van der Waals surface area contributed by atoms with Crippen molar-refractivity contribution >= 4 is 5.97 Å². The minimum Gasteiger partial charge on any atom is -0.467 e. The topological polar surface area (TPSA) is 48.1 Å². The van der Waals surface area contributed by atoms with E-state index in [1.54, 1.807) is 0 Å². The van der Waals surface area contributed by atoms with Crippen LogP contribution in [0.3, 0.4) is 0 Å². The highest BCUT2D eigenvalue weighted by molar-refractivity contribution is 5.85. The van der Waals surface area contributed by atoms with Gasteiger partial charge < -0.3 is 14.2 Å². The zero-order valence-corrected chi connectivity index (χ0v) is 10.4. The number of carbonyl (C=O) groups is 1. The Bertz CT molecular complexity index is 301. The van der Waals surface area contributed by atoms with Crippen LogP contribution in [0.25, 0.3) is 0 Å². The Hall–Kier alpha value is -0.610. The molecule has 2 rings (SSSR count). The Labute approximate surface area is 96.2 Å². The predicted octanol–water partition coefficient (Wildman–Crippen LogP) is 1.52. The second-order valence-corrected chi connectivity index (χ2v) is 5.34. The largest absolute Gasteiger partial charge is 0.467 e. The zero-order valence-electron chi connectivity index (χ0n) is 10.4. The molecule has 2 saturated heterocycles. The fourth-order valence-corrected chi connectivity index (χ4v) is 2.80. The smallest absolute Gasteiger partial charge is 0.341 e. The van der Waals surface area contributed by atoms with E-state index >= 15 is 0 Å². The first-order valence-corrected chi connectivity index (χ1v) is 5.86. The van der Waals surface area contributed by atoms with Crippen molar-refractivity contribution in [2.24, 2.45) is 5.92 Å². The summed E-state index contributed by atoms with van der Waals surface area (Å²) < 4.78 is 16.2. The first-order chi connectivity index (χ1) is 7.46. The average molecular weight is 228 g/mol. The number of rotatable bonds is 3. The zero-order chi connectivity index (χ0) is 12.0. The van der Waals surface area contributed by atoms with E-state index in [4.69, 9.17) is 14.2 Å². The lowest BCUT2D eigenvalue weighted by atomic mass is 9.84. The fraction of sp³-hybridized carbons (Fsp3) is 0.917. The second kappa shape index (κ2) is 3.70. The van der Waals surface area contributed by atoms with Crippen molar-refractivity contribution in [3.05, 3.63) is 0 Å². The lowest BCUT2D eigenvalue weighted by molar-refractivity contribution is -0.147. The van der Waals surface area contributed by atoms with Gasteiger partial charge in [-0.3, -0.25) is 0 Å². The number of hydrogen-bond donors (Lipinski definition) is 0. The van der Waals surface area contributed by atoms with Crippen molar-refractivity contribution in [3.63, 3.8) is 0 Å². The van der Waals surface area contributed by atoms with Crippen LogP contribution in [0.5, 0.6) is 0 Å². The molecule has 2 fully saturated rings. The molecule has 4 nitrogen and oxygen atoms in total. The number of esters is 1. The van der Waals surface area contributed by atoms with Crippen LogP contribution in [0.2, 0.25) is 0 Å². The lowest BCUT2D eigenvalue weighted by Crippen LogP contribution is -2.37. The van der Waals surface area contributed by atoms with Crippen molar-refractivity contribution in [2.75, 3.05) is 13.7 Å². The molecule has 0 bridgehead atoms. The van der Waals surface area contributed by atoms with Crippen molar-refractivity contribution in [1.29, 1.82) is 0 Å². The number of ether oxygens (including phenoxy) is 3. The molecule has 2 aliphatic heterocycles. The van der Waals surface area contributed by atoms with Crippen LogP contribution in [-0.4, -0.2) is 37.0 Å². The minimum atomic E-state index is -0.749. The SMILES string of the molecule is COC(=O)C1(CC(C)C)OC12COC(C)C2. The maximum Gasteiger partial charge on any atom is 0.341 e. The molecule has 0 aromatic rings. The Kier molecular flexibility index (Phi) is 2.75. The van der Waals surface area contributed by atoms with Crippen LogP contribution < -0.4 is 0 Å². The normalized spacial score (nSPS) is 41.7. The molecule has 3 unspecified atom stereocenters. The van der Waals surface area contributed by atoms with Gasteiger partial charge in [0.25, 0.3) is 0 Å². The van der Waals surface area contributed by atoms with Crippen LogP contribution in [0, 0.1) is 5.92 Å². The highest BCUT2D eigenvalue weighted by Gasteiger charge is 2.77. The monoisotopic (exact) mass is 228 g/mol. The molecule has 4 heteroatoms. The number of methoxy groups -OCH3 is 1. The van der Waals surface area contributed by atoms with Gasteiger partial charge >= 0.3 is 5.97 Å². The molecule has 1 spiro atoms. The van der Waals surface area contributed by atoms with E-state index in [1.807, 2.05) is 6.92 Å². The molecule has 0 aromatic heterocycles. The number of epoxide rings is 1. The Morgan fingerprint density at radius 1 is 1.56 bits per heavy atom. The summed E-state index contributed by atoms with van der Waals surface area (Å²) in [6.45, 7) is 6.68. The van der Waals surface area contributed by atoms with Crippen molar-refractivity contribution in [3.8, 4) is 0 Å². The first kappa shape index (κ1) is 11.9. The molecule has 0 N–H and O–H groups in total. The maximum absolute atomic E-state index is 11.9. The molecule has 0 aliphatic carbocycles. The molecule has 0 amide bonds. The van der Waals surface area contributed by atoms with Gasteiger partial charge in [0.05, 0.1) is 19.8 Å². The summed E-state index contributed by atoms with van der Waals surface area (Å²) in [7, 11) is 1.42. The summed E-state index contributed by atoms with van der Waals surface area (Å²) in [4.78, 5) is 11.9. The minimum absolute atomic E-state index is 0.165. The Balaban J connectivity index is 2.17. The van der Waals surface area contributed by atoms with Gasteiger partial charge in [-0.25, -0.2) is 4.79 Å². The van der Waals surface area contributed by atoms with Gasteiger partial charge in [-0.1, -0.05) is 13.8 Å². The maximum atomic E-state index is 11.9. The molecule has 0 saturated carbocycles. The molecule has 16 heavy (non-hydrogen) atoms. The molecule has 92 valence electrons. The van der Waals surface area contributed by atoms with Crippen LogP contribution in [0.4, 0.5) is 0 Å². The third-order valence-electron chi connectivity index (χ3n) is 3.49. The van der Waals surface area contributed by atoms with Gasteiger partial charge in [0.1, 0.15) is 5.60 Å². The van der Waals surface area contributed by atoms with Crippen LogP contribution >= 0.6 is 0 Å². The van der Waals surface area contributed by atoms with Crippen LogP contribution in [-0.2, 0) is 19.0 Å². The third-order valence-corrected chi connectivity index (χ3v) is 3.49. The summed E-state index contributed by atoms with van der Waals surface area (Å²) in [5.74, 6) is 0.147. The standard InChI is InChI=1S/C12H20O4/c1-8(2)5-12(10(13)14-4)11(16-12)6-9(3)15-7-11/h8-9H,5-7H2,1-4H3. The number of carbonyl (C=O) groups excluding carboxylic acids is 1. The molecule has 2 aliphatic rings. The fourth-order valence-electron chi connectivity index (χ4n) is 2.80. The van der Waals surface area contributed by atoms with Gasteiger partial charge in [0, 0.05) is 6.42 Å². The third kappa shape index (κ3) is 1.55. The van der Waals surface area contributed by atoms with Crippen LogP contribution in [0.15, 0.2) is 0 Å². The van der Waals surface area contributed by atoms with E-state index in [9.17, 15) is 4.79 Å². The molecule has 0 radical (unpaired) electrons. The van der Waals surface area contributed by atoms with Gasteiger partial charge in [0.15, 0.2) is 5.60 Å². The van der Waals surface area contributed by atoms with E-state index < -0.39 is 11.2 Å². The van der Waals surface area contributed by atoms with E-state index in [-0.39, 0.29) is 12.1 Å². The summed E-state index contributed by atoms with van der Waals surface area (Å²) in [6.07, 6.45) is 1.66. The quantitative estimate of drug-likeness (QED) is 0.543. The second-order valence-electron chi connectivity index (χ2n) is 5.34. The van der Waals surface area contributed by atoms with Crippen LogP contribution in [0.1, 0.15) is 33.6 Å².